The van der Waals surface area contributed by atoms with Crippen LogP contribution in [-0.2, 0) is 9.84 Å². The number of nitro groups is 1. The first kappa shape index (κ1) is 20.7. The maximum Gasteiger partial charge on any atom is 0.283 e. The standard InChI is InChI=1S/C17H17ClN2O6S/c1-11-8-12(18)9-15(20(22)23)16(11)17(21)19-13-4-3-5-14(10-13)26-6-7-27(2,24)25/h3-5,8-10H,6-7H2,1-2H3,(H,19,21). The largest absolute Gasteiger partial charge is 0.492 e. The van der Waals surface area contributed by atoms with Crippen molar-refractivity contribution in [1.29, 1.82) is 0 Å². The maximum absolute atomic E-state index is 12.5. The van der Waals surface area contributed by atoms with Gasteiger partial charge in [-0.15, -0.1) is 0 Å². The predicted octanol–water partition coefficient (Wildman–Crippen LogP) is 3.23. The molecule has 8 nitrogen and oxygen atoms in total. The Morgan fingerprint density at radius 3 is 2.63 bits per heavy atom. The van der Waals surface area contributed by atoms with Gasteiger partial charge < -0.3 is 10.1 Å². The van der Waals surface area contributed by atoms with E-state index in [2.05, 4.69) is 5.32 Å². The normalized spacial score (nSPS) is 11.1. The van der Waals surface area contributed by atoms with Crippen LogP contribution in [0.3, 0.4) is 0 Å². The molecule has 27 heavy (non-hydrogen) atoms. The molecule has 2 aromatic rings. The van der Waals surface area contributed by atoms with Crippen LogP contribution in [-0.4, -0.2) is 37.9 Å². The number of carbonyl (C=O) groups excluding carboxylic acids is 1. The fraction of sp³-hybridized carbons (Fsp3) is 0.235. The van der Waals surface area contributed by atoms with Gasteiger partial charge in [-0.2, -0.15) is 0 Å². The topological polar surface area (TPSA) is 116 Å². The average Bonchev–Trinajstić information content (AvgIpc) is 2.53. The van der Waals surface area contributed by atoms with Gasteiger partial charge in [-0.1, -0.05) is 17.7 Å². The van der Waals surface area contributed by atoms with E-state index in [1.807, 2.05) is 0 Å². The van der Waals surface area contributed by atoms with E-state index in [0.717, 1.165) is 12.3 Å². The summed E-state index contributed by atoms with van der Waals surface area (Å²) in [5.41, 5.74) is 0.235. The van der Waals surface area contributed by atoms with E-state index >= 15 is 0 Å². The zero-order chi connectivity index (χ0) is 20.2. The second kappa shape index (κ2) is 8.36. The summed E-state index contributed by atoms with van der Waals surface area (Å²) in [5.74, 6) is -0.442. The van der Waals surface area contributed by atoms with Crippen molar-refractivity contribution in [2.75, 3.05) is 23.9 Å². The number of halogens is 1. The minimum atomic E-state index is -3.15. The molecule has 0 heterocycles. The predicted molar refractivity (Wildman–Crippen MR) is 102 cm³/mol. The van der Waals surface area contributed by atoms with Gasteiger partial charge in [-0.05, 0) is 30.7 Å². The van der Waals surface area contributed by atoms with Gasteiger partial charge in [0.25, 0.3) is 11.6 Å². The number of hydrogen-bond donors (Lipinski definition) is 1. The summed E-state index contributed by atoms with van der Waals surface area (Å²) in [7, 11) is -3.15. The van der Waals surface area contributed by atoms with Crippen molar-refractivity contribution < 1.29 is 22.9 Å². The summed E-state index contributed by atoms with van der Waals surface area (Å²) in [6.45, 7) is 1.52. The molecule has 0 fully saturated rings. The molecule has 1 N–H and O–H groups in total. The lowest BCUT2D eigenvalue weighted by molar-refractivity contribution is -0.385. The van der Waals surface area contributed by atoms with Crippen LogP contribution in [0.1, 0.15) is 15.9 Å². The van der Waals surface area contributed by atoms with Crippen molar-refractivity contribution in [3.05, 3.63) is 62.7 Å². The molecular formula is C17H17ClN2O6S. The van der Waals surface area contributed by atoms with Crippen molar-refractivity contribution in [2.24, 2.45) is 0 Å². The Hall–Kier alpha value is -2.65. The van der Waals surface area contributed by atoms with Gasteiger partial charge in [0.2, 0.25) is 0 Å². The highest BCUT2D eigenvalue weighted by atomic mass is 35.5. The highest BCUT2D eigenvalue weighted by molar-refractivity contribution is 7.90. The monoisotopic (exact) mass is 412 g/mol. The van der Waals surface area contributed by atoms with Crippen LogP contribution in [0.5, 0.6) is 5.75 Å². The quantitative estimate of drug-likeness (QED) is 0.551. The molecule has 0 aromatic heterocycles. The summed E-state index contributed by atoms with van der Waals surface area (Å²) in [6.07, 6.45) is 1.11. The maximum atomic E-state index is 12.5. The molecule has 0 bridgehead atoms. The second-order valence-corrected chi connectivity index (χ2v) is 8.53. The minimum Gasteiger partial charge on any atom is -0.492 e. The molecule has 1 amide bonds. The number of amides is 1. The lowest BCUT2D eigenvalue weighted by atomic mass is 10.1. The third-order valence-corrected chi connectivity index (χ3v) is 4.64. The second-order valence-electron chi connectivity index (χ2n) is 5.83. The number of aryl methyl sites for hydroxylation is 1. The Labute approximate surface area is 161 Å². The van der Waals surface area contributed by atoms with Gasteiger partial charge >= 0.3 is 0 Å². The first-order chi connectivity index (χ1) is 12.6. The molecule has 2 rings (SSSR count). The molecule has 0 aliphatic heterocycles. The van der Waals surface area contributed by atoms with Crippen LogP contribution in [0.25, 0.3) is 0 Å². The van der Waals surface area contributed by atoms with E-state index in [9.17, 15) is 23.3 Å². The zero-order valence-electron chi connectivity index (χ0n) is 14.6. The number of nitrogens with zero attached hydrogens (tertiary/aromatic N) is 1. The molecule has 0 radical (unpaired) electrons. The zero-order valence-corrected chi connectivity index (χ0v) is 16.1. The van der Waals surface area contributed by atoms with Crippen LogP contribution in [0, 0.1) is 17.0 Å². The van der Waals surface area contributed by atoms with Crippen molar-refractivity contribution >= 4 is 38.7 Å². The molecule has 0 atom stereocenters. The summed E-state index contributed by atoms with van der Waals surface area (Å²) in [6, 6.07) is 8.88. The number of anilines is 1. The minimum absolute atomic E-state index is 0.0298. The van der Waals surface area contributed by atoms with Crippen molar-refractivity contribution in [3.63, 3.8) is 0 Å². The van der Waals surface area contributed by atoms with Gasteiger partial charge in [-0.3, -0.25) is 14.9 Å². The van der Waals surface area contributed by atoms with Crippen LogP contribution in [0.2, 0.25) is 5.02 Å². The molecule has 0 aliphatic rings. The average molecular weight is 413 g/mol. The van der Waals surface area contributed by atoms with Gasteiger partial charge in [-0.25, -0.2) is 8.42 Å². The van der Waals surface area contributed by atoms with E-state index in [4.69, 9.17) is 16.3 Å². The van der Waals surface area contributed by atoms with Gasteiger partial charge in [0.1, 0.15) is 17.9 Å². The van der Waals surface area contributed by atoms with Crippen LogP contribution >= 0.6 is 11.6 Å². The van der Waals surface area contributed by atoms with Crippen molar-refractivity contribution in [3.8, 4) is 5.75 Å². The summed E-state index contributed by atoms with van der Waals surface area (Å²) >= 11 is 5.84. The van der Waals surface area contributed by atoms with Gasteiger partial charge in [0.05, 0.1) is 10.7 Å². The van der Waals surface area contributed by atoms with E-state index in [1.165, 1.54) is 12.1 Å². The van der Waals surface area contributed by atoms with E-state index in [0.29, 0.717) is 17.0 Å². The molecule has 2 aromatic carbocycles. The Kier molecular flexibility index (Phi) is 6.40. The van der Waals surface area contributed by atoms with Gasteiger partial charge in [0, 0.05) is 29.1 Å². The number of sulfone groups is 1. The highest BCUT2D eigenvalue weighted by Crippen LogP contribution is 2.28. The third kappa shape index (κ3) is 5.93. The number of rotatable bonds is 7. The third-order valence-electron chi connectivity index (χ3n) is 3.52. The summed E-state index contributed by atoms with van der Waals surface area (Å²) < 4.78 is 27.6. The molecule has 0 saturated heterocycles. The lowest BCUT2D eigenvalue weighted by Gasteiger charge is -2.11. The molecule has 0 aliphatic carbocycles. The number of carbonyl (C=O) groups is 1. The van der Waals surface area contributed by atoms with Gasteiger partial charge in [0.15, 0.2) is 9.84 Å². The Morgan fingerprint density at radius 2 is 2.00 bits per heavy atom. The van der Waals surface area contributed by atoms with E-state index in [1.54, 1.807) is 25.1 Å². The number of hydrogen-bond acceptors (Lipinski definition) is 6. The van der Waals surface area contributed by atoms with Crippen molar-refractivity contribution in [1.82, 2.24) is 0 Å². The van der Waals surface area contributed by atoms with Crippen LogP contribution in [0.4, 0.5) is 11.4 Å². The number of benzene rings is 2. The molecule has 144 valence electrons. The molecular weight excluding hydrogens is 396 g/mol. The Bertz CT molecular complexity index is 991. The Balaban J connectivity index is 2.19. The summed E-state index contributed by atoms with van der Waals surface area (Å²) in [5, 5.41) is 14.0. The molecule has 0 saturated carbocycles. The smallest absolute Gasteiger partial charge is 0.283 e. The summed E-state index contributed by atoms with van der Waals surface area (Å²) in [4.78, 5) is 23.1. The van der Waals surface area contributed by atoms with Crippen molar-refractivity contribution in [2.45, 2.75) is 6.92 Å². The lowest BCUT2D eigenvalue weighted by Crippen LogP contribution is -2.16. The Morgan fingerprint density at radius 1 is 1.30 bits per heavy atom. The highest BCUT2D eigenvalue weighted by Gasteiger charge is 2.23. The fourth-order valence-corrected chi connectivity index (χ4v) is 2.99. The SMILES string of the molecule is Cc1cc(Cl)cc([N+](=O)[O-])c1C(=O)Nc1cccc(OCCS(C)(=O)=O)c1. The fourth-order valence-electron chi connectivity index (χ4n) is 2.33. The molecule has 0 spiro atoms. The van der Waals surface area contributed by atoms with E-state index < -0.39 is 26.4 Å². The van der Waals surface area contributed by atoms with E-state index in [-0.39, 0.29) is 22.9 Å². The first-order valence-corrected chi connectivity index (χ1v) is 10.2. The number of nitro benzene ring substituents is 1. The number of nitrogens with one attached hydrogen (secondary N) is 1. The first-order valence-electron chi connectivity index (χ1n) is 7.73. The van der Waals surface area contributed by atoms with Crippen LogP contribution < -0.4 is 10.1 Å². The molecule has 0 unspecified atom stereocenters. The number of ether oxygens (including phenoxy) is 1. The van der Waals surface area contributed by atoms with Crippen LogP contribution in [0.15, 0.2) is 36.4 Å². The molecule has 10 heteroatoms.